The summed E-state index contributed by atoms with van der Waals surface area (Å²) >= 11 is 0. The van der Waals surface area contributed by atoms with Gasteiger partial charge < -0.3 is 4.74 Å². The van der Waals surface area contributed by atoms with E-state index in [1.165, 1.54) is 76.3 Å². The van der Waals surface area contributed by atoms with E-state index >= 15 is 8.78 Å². The van der Waals surface area contributed by atoms with Crippen LogP contribution in [0.3, 0.4) is 0 Å². The summed E-state index contributed by atoms with van der Waals surface area (Å²) in [7, 11) is 0. The van der Waals surface area contributed by atoms with Crippen LogP contribution in [0.5, 0.6) is 5.75 Å². The third-order valence-corrected chi connectivity index (χ3v) is 10.5. The van der Waals surface area contributed by atoms with Gasteiger partial charge in [-0.2, -0.15) is 4.39 Å². The van der Waals surface area contributed by atoms with Crippen molar-refractivity contribution in [3.63, 3.8) is 0 Å². The first-order valence-corrected chi connectivity index (χ1v) is 17.8. The summed E-state index contributed by atoms with van der Waals surface area (Å²) in [4.78, 5) is 0. The summed E-state index contributed by atoms with van der Waals surface area (Å²) in [6.45, 7) is 4.58. The Morgan fingerprint density at radius 2 is 1.17 bits per heavy atom. The van der Waals surface area contributed by atoms with Crippen molar-refractivity contribution in [3.05, 3.63) is 83.4 Å². The van der Waals surface area contributed by atoms with E-state index < -0.39 is 23.3 Å². The molecule has 3 aromatic carbocycles. The van der Waals surface area contributed by atoms with Gasteiger partial charge in [-0.3, -0.25) is 0 Å². The number of hydrogen-bond donors (Lipinski definition) is 0. The Bertz CT molecular complexity index is 1450. The van der Waals surface area contributed by atoms with Gasteiger partial charge in [-0.15, -0.1) is 0 Å². The van der Waals surface area contributed by atoms with E-state index in [-0.39, 0.29) is 16.9 Å². The third-order valence-electron chi connectivity index (χ3n) is 10.5. The molecule has 248 valence electrons. The lowest BCUT2D eigenvalue weighted by Crippen LogP contribution is -2.23. The van der Waals surface area contributed by atoms with E-state index in [4.69, 9.17) is 4.74 Å². The Labute approximate surface area is 273 Å². The summed E-state index contributed by atoms with van der Waals surface area (Å²) < 4.78 is 65.8. The van der Waals surface area contributed by atoms with Crippen molar-refractivity contribution >= 4 is 5.57 Å². The molecule has 0 spiro atoms. The molecule has 2 aliphatic carbocycles. The minimum absolute atomic E-state index is 0.0854. The van der Waals surface area contributed by atoms with E-state index in [1.807, 2.05) is 6.92 Å². The summed E-state index contributed by atoms with van der Waals surface area (Å²) in [6.07, 6.45) is 20.0. The average molecular weight is 635 g/mol. The van der Waals surface area contributed by atoms with Crippen molar-refractivity contribution in [2.75, 3.05) is 6.61 Å². The van der Waals surface area contributed by atoms with Crippen LogP contribution in [-0.4, -0.2) is 6.61 Å². The van der Waals surface area contributed by atoms with Crippen molar-refractivity contribution < 1.29 is 22.3 Å². The Hall–Kier alpha value is -3.08. The van der Waals surface area contributed by atoms with E-state index in [9.17, 15) is 8.78 Å². The molecule has 0 saturated heterocycles. The molecule has 5 heteroatoms. The quantitative estimate of drug-likeness (QED) is 0.127. The van der Waals surface area contributed by atoms with Gasteiger partial charge >= 0.3 is 0 Å². The fraction of sp³-hybridized carbons (Fsp3) is 0.512. The van der Waals surface area contributed by atoms with Crippen molar-refractivity contribution in [2.45, 2.75) is 110 Å². The lowest BCUT2D eigenvalue weighted by atomic mass is 9.70. The van der Waals surface area contributed by atoms with Crippen LogP contribution in [0, 0.1) is 41.0 Å². The zero-order chi connectivity index (χ0) is 32.5. The highest BCUT2D eigenvalue weighted by Gasteiger charge is 2.29. The predicted molar refractivity (Wildman–Crippen MR) is 182 cm³/mol. The number of allylic oxidation sites excluding steroid dienone is 2. The fourth-order valence-corrected chi connectivity index (χ4v) is 7.55. The summed E-state index contributed by atoms with van der Waals surface area (Å²) in [5, 5.41) is 0. The van der Waals surface area contributed by atoms with E-state index in [0.29, 0.717) is 29.2 Å². The predicted octanol–water partition coefficient (Wildman–Crippen LogP) is 13.1. The molecule has 0 bridgehead atoms. The molecule has 1 saturated carbocycles. The monoisotopic (exact) mass is 634 g/mol. The van der Waals surface area contributed by atoms with Gasteiger partial charge in [-0.05, 0) is 85.1 Å². The molecule has 0 heterocycles. The molecule has 0 aromatic heterocycles. The summed E-state index contributed by atoms with van der Waals surface area (Å²) in [5.74, 6) is -1.55. The van der Waals surface area contributed by atoms with Crippen molar-refractivity contribution in [1.29, 1.82) is 0 Å². The number of unbranched alkanes of at least 4 members (excludes halogenated alkanes) is 5. The van der Waals surface area contributed by atoms with Crippen molar-refractivity contribution in [3.8, 4) is 28.0 Å². The lowest BCUT2D eigenvalue weighted by Gasteiger charge is -2.35. The maximum atomic E-state index is 15.5. The van der Waals surface area contributed by atoms with Crippen LogP contribution in [0.4, 0.5) is 17.6 Å². The summed E-state index contributed by atoms with van der Waals surface area (Å²) in [5.41, 5.74) is 2.39. The Morgan fingerprint density at radius 3 is 1.80 bits per heavy atom. The second-order valence-corrected chi connectivity index (χ2v) is 13.6. The zero-order valence-electron chi connectivity index (χ0n) is 27.7. The van der Waals surface area contributed by atoms with Gasteiger partial charge in [0.05, 0.1) is 6.61 Å². The van der Waals surface area contributed by atoms with Gasteiger partial charge in [0, 0.05) is 16.7 Å². The molecule has 1 fully saturated rings. The van der Waals surface area contributed by atoms with Gasteiger partial charge in [0.1, 0.15) is 0 Å². The lowest BCUT2D eigenvalue weighted by molar-refractivity contribution is 0.187. The summed E-state index contributed by atoms with van der Waals surface area (Å²) in [6, 6.07) is 12.6. The van der Waals surface area contributed by atoms with Gasteiger partial charge in [0.15, 0.2) is 23.2 Å². The van der Waals surface area contributed by atoms with E-state index in [0.717, 1.165) is 49.5 Å². The van der Waals surface area contributed by atoms with E-state index in [2.05, 4.69) is 13.0 Å². The number of ether oxygens (including phenoxy) is 1. The smallest absolute Gasteiger partial charge is 0.201 e. The fourth-order valence-electron chi connectivity index (χ4n) is 7.55. The maximum absolute atomic E-state index is 15.5. The highest BCUT2D eigenvalue weighted by Crippen LogP contribution is 2.43. The largest absolute Gasteiger partial charge is 0.490 e. The molecule has 1 unspecified atom stereocenters. The minimum atomic E-state index is -1.03. The Kier molecular flexibility index (Phi) is 12.4. The molecular weight excluding hydrogens is 584 g/mol. The second-order valence-electron chi connectivity index (χ2n) is 13.6. The topological polar surface area (TPSA) is 9.23 Å². The highest BCUT2D eigenvalue weighted by atomic mass is 19.2. The third kappa shape index (κ3) is 8.25. The molecule has 1 atom stereocenters. The first-order valence-electron chi connectivity index (χ1n) is 17.8. The Balaban J connectivity index is 1.19. The first-order chi connectivity index (χ1) is 22.4. The van der Waals surface area contributed by atoms with Gasteiger partial charge in [0.2, 0.25) is 5.82 Å². The molecule has 0 amide bonds. The van der Waals surface area contributed by atoms with Crippen molar-refractivity contribution in [1.82, 2.24) is 0 Å². The van der Waals surface area contributed by atoms with Crippen LogP contribution in [0.15, 0.2) is 54.6 Å². The van der Waals surface area contributed by atoms with Gasteiger partial charge in [0.25, 0.3) is 0 Å². The Morgan fingerprint density at radius 1 is 0.587 bits per heavy atom. The van der Waals surface area contributed by atoms with Gasteiger partial charge in [-0.25, -0.2) is 13.2 Å². The van der Waals surface area contributed by atoms with Crippen LogP contribution in [-0.2, 0) is 0 Å². The molecule has 0 radical (unpaired) electrons. The van der Waals surface area contributed by atoms with Gasteiger partial charge in [-0.1, -0.05) is 114 Å². The molecule has 0 aliphatic heterocycles. The molecule has 46 heavy (non-hydrogen) atoms. The standard InChI is InChI=1S/C41H50F4O/c1-3-5-7-8-9-10-28-11-13-29(14-12-28)30-15-17-31(18-16-30)34-23-24-35(39(43)38(34)42)32-19-21-33(22-20-32)36-25-26-37(41(45)40(36)44)46-27-6-4-2/h17,19-26,28-30H,3-16,18,27H2,1-2H3. The van der Waals surface area contributed by atoms with Crippen LogP contribution in [0.2, 0.25) is 0 Å². The molecule has 5 rings (SSSR count). The van der Waals surface area contributed by atoms with Crippen LogP contribution >= 0.6 is 0 Å². The normalized spacial score (nSPS) is 20.0. The number of halogens is 4. The average Bonchev–Trinajstić information content (AvgIpc) is 3.08. The molecule has 3 aromatic rings. The second kappa shape index (κ2) is 16.7. The first kappa shape index (κ1) is 34.3. The number of hydrogen-bond acceptors (Lipinski definition) is 1. The van der Waals surface area contributed by atoms with Crippen molar-refractivity contribution in [2.24, 2.45) is 17.8 Å². The maximum Gasteiger partial charge on any atom is 0.201 e. The van der Waals surface area contributed by atoms with Crippen LogP contribution in [0.25, 0.3) is 27.8 Å². The van der Waals surface area contributed by atoms with Crippen LogP contribution in [0.1, 0.15) is 116 Å². The number of rotatable bonds is 14. The SMILES string of the molecule is CCCCCCCC1CCC(C2CC=C(c3ccc(-c4ccc(-c5ccc(OCCCC)c(F)c5F)cc4)c(F)c3F)CC2)CC1. The molecule has 1 nitrogen and oxygen atoms in total. The molecule has 0 N–H and O–H groups in total. The van der Waals surface area contributed by atoms with Crippen LogP contribution < -0.4 is 4.74 Å². The minimum Gasteiger partial charge on any atom is -0.490 e. The zero-order valence-corrected chi connectivity index (χ0v) is 27.7. The highest BCUT2D eigenvalue weighted by molar-refractivity contribution is 5.74. The molecule has 2 aliphatic rings. The molecular formula is C41H50F4O. The van der Waals surface area contributed by atoms with E-state index in [1.54, 1.807) is 36.4 Å². The number of benzene rings is 3.